The molecule has 1 saturated carbocycles. The number of hydrogen-bond donors (Lipinski definition) is 1. The third-order valence-electron chi connectivity index (χ3n) is 4.89. The summed E-state index contributed by atoms with van der Waals surface area (Å²) >= 11 is 6.88. The number of sulfonamides is 1. The highest BCUT2D eigenvalue weighted by Crippen LogP contribution is 2.49. The number of esters is 1. The number of carbonyl (C=O) groups excluding carboxylic acids is 1. The van der Waals surface area contributed by atoms with Crippen LogP contribution in [0.2, 0.25) is 4.34 Å². The molecule has 3 rings (SSSR count). The van der Waals surface area contributed by atoms with Gasteiger partial charge in [-0.1, -0.05) is 23.8 Å². The van der Waals surface area contributed by atoms with Crippen LogP contribution in [0, 0.1) is 11.3 Å². The van der Waals surface area contributed by atoms with E-state index in [4.69, 9.17) is 16.3 Å². The van der Waals surface area contributed by atoms with Crippen LogP contribution in [-0.4, -0.2) is 27.0 Å². The number of carbonyl (C=O) groups is 1. The van der Waals surface area contributed by atoms with E-state index >= 15 is 0 Å². The van der Waals surface area contributed by atoms with Crippen molar-refractivity contribution in [3.63, 3.8) is 0 Å². The van der Waals surface area contributed by atoms with Crippen LogP contribution in [0.1, 0.15) is 32.6 Å². The molecule has 0 spiro atoms. The molecule has 2 aliphatic rings. The van der Waals surface area contributed by atoms with Gasteiger partial charge in [-0.2, -0.15) is 0 Å². The molecular formula is C16H20ClNO4S2. The molecule has 1 aromatic rings. The highest BCUT2D eigenvalue weighted by molar-refractivity contribution is 7.91. The van der Waals surface area contributed by atoms with Crippen molar-refractivity contribution in [2.24, 2.45) is 11.3 Å². The Morgan fingerprint density at radius 3 is 2.92 bits per heavy atom. The van der Waals surface area contributed by atoms with Crippen molar-refractivity contribution < 1.29 is 17.9 Å². The van der Waals surface area contributed by atoms with Crippen molar-refractivity contribution in [2.75, 3.05) is 6.61 Å². The fraction of sp³-hybridized carbons (Fsp3) is 0.562. The molecule has 0 amide bonds. The Labute approximate surface area is 151 Å². The average Bonchev–Trinajstić information content (AvgIpc) is 3.03. The van der Waals surface area contributed by atoms with Crippen molar-refractivity contribution in [1.82, 2.24) is 4.72 Å². The Bertz CT molecular complexity index is 758. The van der Waals surface area contributed by atoms with Gasteiger partial charge in [0, 0.05) is 6.04 Å². The van der Waals surface area contributed by atoms with E-state index in [0.29, 0.717) is 17.2 Å². The molecule has 132 valence electrons. The van der Waals surface area contributed by atoms with Gasteiger partial charge in [-0.15, -0.1) is 11.3 Å². The van der Waals surface area contributed by atoms with Gasteiger partial charge < -0.3 is 4.74 Å². The highest BCUT2D eigenvalue weighted by atomic mass is 35.5. The third-order valence-corrected chi connectivity index (χ3v) is 8.06. The quantitative estimate of drug-likeness (QED) is 0.619. The van der Waals surface area contributed by atoms with E-state index in [2.05, 4.69) is 4.72 Å². The predicted molar refractivity (Wildman–Crippen MR) is 93.6 cm³/mol. The number of nitrogens with one attached hydrogen (secondary N) is 1. The molecule has 3 unspecified atom stereocenters. The second-order valence-electron chi connectivity index (χ2n) is 6.24. The number of thiophene rings is 1. The van der Waals surface area contributed by atoms with Crippen molar-refractivity contribution in [1.29, 1.82) is 0 Å². The second-order valence-corrected chi connectivity index (χ2v) is 9.90. The number of allylic oxidation sites excluding steroid dienone is 2. The van der Waals surface area contributed by atoms with Gasteiger partial charge in [0.1, 0.15) is 4.21 Å². The molecule has 1 heterocycles. The molecule has 24 heavy (non-hydrogen) atoms. The predicted octanol–water partition coefficient (Wildman–Crippen LogP) is 3.36. The maximum Gasteiger partial charge on any atom is 0.314 e. The standard InChI is InChI=1S/C16H20ClNO4S2/c1-2-22-15(19)16-9-4-3-5-11(8-10-16)14(16)18-24(20,21)13-7-6-12(17)23-13/h3-4,6-7,11,14,18H,2,5,8-10H2,1H3. The lowest BCUT2D eigenvalue weighted by molar-refractivity contribution is -0.156. The highest BCUT2D eigenvalue weighted by Gasteiger charge is 2.55. The molecule has 2 bridgehead atoms. The molecule has 5 nitrogen and oxygen atoms in total. The van der Waals surface area contributed by atoms with Crippen LogP contribution in [-0.2, 0) is 19.6 Å². The fourth-order valence-electron chi connectivity index (χ4n) is 3.73. The first-order valence-electron chi connectivity index (χ1n) is 7.99. The summed E-state index contributed by atoms with van der Waals surface area (Å²) in [5, 5.41) is 0. The Morgan fingerprint density at radius 1 is 1.46 bits per heavy atom. The number of fused-ring (bicyclic) bond motifs is 2. The summed E-state index contributed by atoms with van der Waals surface area (Å²) in [4.78, 5) is 12.7. The van der Waals surface area contributed by atoms with Gasteiger partial charge in [-0.25, -0.2) is 13.1 Å². The van der Waals surface area contributed by atoms with Gasteiger partial charge in [-0.05, 0) is 50.7 Å². The Kier molecular flexibility index (Phi) is 5.06. The molecule has 1 N–H and O–H groups in total. The third kappa shape index (κ3) is 3.14. The molecule has 0 saturated heterocycles. The van der Waals surface area contributed by atoms with Crippen LogP contribution in [0.3, 0.4) is 0 Å². The van der Waals surface area contributed by atoms with Crippen molar-refractivity contribution in [2.45, 2.75) is 42.9 Å². The normalized spacial score (nSPS) is 29.4. The molecule has 0 aliphatic heterocycles. The maximum atomic E-state index is 12.7. The summed E-state index contributed by atoms with van der Waals surface area (Å²) in [6.45, 7) is 2.05. The van der Waals surface area contributed by atoms with Crippen molar-refractivity contribution in [3.05, 3.63) is 28.6 Å². The first-order valence-corrected chi connectivity index (χ1v) is 10.7. The van der Waals surface area contributed by atoms with Crippen molar-refractivity contribution >= 4 is 38.9 Å². The summed E-state index contributed by atoms with van der Waals surface area (Å²) < 4.78 is 34.1. The van der Waals surface area contributed by atoms with Gasteiger partial charge in [0.25, 0.3) is 0 Å². The first kappa shape index (κ1) is 17.9. The molecular weight excluding hydrogens is 370 g/mol. The minimum absolute atomic E-state index is 0.0957. The van der Waals surface area contributed by atoms with Crippen LogP contribution in [0.5, 0.6) is 0 Å². The van der Waals surface area contributed by atoms with E-state index in [1.165, 1.54) is 6.07 Å². The lowest BCUT2D eigenvalue weighted by Gasteiger charge is -2.33. The monoisotopic (exact) mass is 389 g/mol. The molecule has 0 radical (unpaired) electrons. The molecule has 1 fully saturated rings. The van der Waals surface area contributed by atoms with Crippen LogP contribution in [0.4, 0.5) is 0 Å². The summed E-state index contributed by atoms with van der Waals surface area (Å²) in [6.07, 6.45) is 6.72. The van der Waals surface area contributed by atoms with Gasteiger partial charge in [0.05, 0.1) is 16.4 Å². The average molecular weight is 390 g/mol. The van der Waals surface area contributed by atoms with E-state index in [0.717, 1.165) is 24.2 Å². The topological polar surface area (TPSA) is 72.5 Å². The van der Waals surface area contributed by atoms with Crippen molar-refractivity contribution in [3.8, 4) is 0 Å². The Hall–Kier alpha value is -0.890. The van der Waals surface area contributed by atoms with Crippen LogP contribution in [0.15, 0.2) is 28.5 Å². The molecule has 1 aromatic heterocycles. The lowest BCUT2D eigenvalue weighted by atomic mass is 9.79. The zero-order valence-corrected chi connectivity index (χ0v) is 15.7. The Morgan fingerprint density at radius 2 is 2.25 bits per heavy atom. The number of ether oxygens (including phenoxy) is 1. The lowest BCUT2D eigenvalue weighted by Crippen LogP contribution is -2.51. The van der Waals surface area contributed by atoms with E-state index in [1.807, 2.05) is 12.2 Å². The summed E-state index contributed by atoms with van der Waals surface area (Å²) in [7, 11) is -3.72. The summed E-state index contributed by atoms with van der Waals surface area (Å²) in [5.74, 6) is -0.214. The molecule has 8 heteroatoms. The zero-order valence-electron chi connectivity index (χ0n) is 13.3. The number of hydrogen-bond acceptors (Lipinski definition) is 5. The summed E-state index contributed by atoms with van der Waals surface area (Å²) in [6, 6.07) is 2.59. The van der Waals surface area contributed by atoms with Gasteiger partial charge in [-0.3, -0.25) is 4.79 Å². The Balaban J connectivity index is 1.93. The van der Waals surface area contributed by atoms with E-state index in [9.17, 15) is 13.2 Å². The second kappa shape index (κ2) is 6.78. The first-order chi connectivity index (χ1) is 11.4. The smallest absolute Gasteiger partial charge is 0.314 e. The molecule has 2 aliphatic carbocycles. The van der Waals surface area contributed by atoms with Gasteiger partial charge in [0.15, 0.2) is 0 Å². The minimum Gasteiger partial charge on any atom is -0.466 e. The number of halogens is 1. The van der Waals surface area contributed by atoms with E-state index in [1.54, 1.807) is 13.0 Å². The van der Waals surface area contributed by atoms with Crippen LogP contribution in [0.25, 0.3) is 0 Å². The van der Waals surface area contributed by atoms with E-state index < -0.39 is 21.5 Å². The van der Waals surface area contributed by atoms with Gasteiger partial charge in [0.2, 0.25) is 10.0 Å². The summed E-state index contributed by atoms with van der Waals surface area (Å²) in [5.41, 5.74) is -0.818. The fourth-order valence-corrected chi connectivity index (χ4v) is 6.61. The SMILES string of the molecule is CCOC(=O)C12CC=CCC(CC1)C2NS(=O)(=O)c1ccc(Cl)s1. The van der Waals surface area contributed by atoms with Gasteiger partial charge >= 0.3 is 5.97 Å². The zero-order chi connectivity index (χ0) is 17.4. The maximum absolute atomic E-state index is 12.7. The molecule has 0 aromatic carbocycles. The molecule has 3 atom stereocenters. The van der Waals surface area contributed by atoms with Crippen LogP contribution >= 0.6 is 22.9 Å². The minimum atomic E-state index is -3.72. The number of rotatable bonds is 5. The largest absolute Gasteiger partial charge is 0.466 e. The van der Waals surface area contributed by atoms with Crippen LogP contribution < -0.4 is 4.72 Å². The van der Waals surface area contributed by atoms with E-state index in [-0.39, 0.29) is 22.7 Å².